The molecule has 156 valence electrons. The molecule has 1 amide bonds. The quantitative estimate of drug-likeness (QED) is 0.675. The number of fused-ring (bicyclic) bond motifs is 3. The summed E-state index contributed by atoms with van der Waals surface area (Å²) >= 11 is 7.86. The van der Waals surface area contributed by atoms with E-state index in [0.29, 0.717) is 27.4 Å². The van der Waals surface area contributed by atoms with Crippen LogP contribution in [0.3, 0.4) is 0 Å². The molecule has 0 radical (unpaired) electrons. The topological polar surface area (TPSA) is 75.2 Å². The number of amides is 1. The highest BCUT2D eigenvalue weighted by molar-refractivity contribution is 8.14. The summed E-state index contributed by atoms with van der Waals surface area (Å²) in [6.45, 7) is 3.73. The SMILES string of the molecule is C=CCSC1=NN2C(c3cc(Cl)c(OC)c(OC)c3)Nc3ccccc3C2C(=O)N1. The Labute approximate surface area is 184 Å². The van der Waals surface area contributed by atoms with Gasteiger partial charge in [0.15, 0.2) is 22.7 Å². The van der Waals surface area contributed by atoms with Crippen molar-refractivity contribution in [2.75, 3.05) is 25.3 Å². The third kappa shape index (κ3) is 3.57. The molecule has 0 aromatic heterocycles. The molecule has 0 saturated heterocycles. The Bertz CT molecular complexity index is 1030. The Morgan fingerprint density at radius 1 is 1.30 bits per heavy atom. The number of nitrogens with one attached hydrogen (secondary N) is 2. The Morgan fingerprint density at radius 3 is 2.83 bits per heavy atom. The molecule has 30 heavy (non-hydrogen) atoms. The molecule has 2 N–H and O–H groups in total. The molecule has 2 aliphatic rings. The van der Waals surface area contributed by atoms with Gasteiger partial charge in [-0.1, -0.05) is 47.6 Å². The summed E-state index contributed by atoms with van der Waals surface area (Å²) in [6.07, 6.45) is 1.33. The van der Waals surface area contributed by atoms with Crippen molar-refractivity contribution >= 4 is 40.1 Å². The lowest BCUT2D eigenvalue weighted by Gasteiger charge is -2.43. The standard InChI is InChI=1S/C21H21ClN4O3S/c1-4-9-30-21-24-20(27)17-13-7-5-6-8-15(13)23-19(26(17)25-21)12-10-14(22)18(29-3)16(11-12)28-2/h4-8,10-11,17,19,23H,1,9H2,2-3H3,(H,24,25,27). The van der Waals surface area contributed by atoms with Crippen LogP contribution in [-0.2, 0) is 4.79 Å². The summed E-state index contributed by atoms with van der Waals surface area (Å²) in [6, 6.07) is 10.8. The molecule has 0 fully saturated rings. The minimum atomic E-state index is -0.576. The van der Waals surface area contributed by atoms with Crippen LogP contribution < -0.4 is 20.1 Å². The van der Waals surface area contributed by atoms with E-state index in [4.69, 9.17) is 26.2 Å². The number of anilines is 1. The monoisotopic (exact) mass is 444 g/mol. The highest BCUT2D eigenvalue weighted by atomic mass is 35.5. The molecule has 2 aromatic carbocycles. The van der Waals surface area contributed by atoms with Gasteiger partial charge in [-0.3, -0.25) is 9.80 Å². The summed E-state index contributed by atoms with van der Waals surface area (Å²) in [5.74, 6) is 1.46. The predicted molar refractivity (Wildman–Crippen MR) is 120 cm³/mol. The van der Waals surface area contributed by atoms with Crippen molar-refractivity contribution in [2.24, 2.45) is 5.10 Å². The summed E-state index contributed by atoms with van der Waals surface area (Å²) in [5, 5.41) is 13.8. The highest BCUT2D eigenvalue weighted by Crippen LogP contribution is 2.45. The molecule has 2 unspecified atom stereocenters. The van der Waals surface area contributed by atoms with Gasteiger partial charge in [0.2, 0.25) is 0 Å². The van der Waals surface area contributed by atoms with Crippen LogP contribution in [0.2, 0.25) is 5.02 Å². The maximum absolute atomic E-state index is 13.1. The second-order valence-electron chi connectivity index (χ2n) is 6.65. The zero-order valence-corrected chi connectivity index (χ0v) is 18.1. The number of carbonyl (C=O) groups excluding carboxylic acids is 1. The maximum atomic E-state index is 13.1. The molecule has 0 bridgehead atoms. The number of thioether (sulfide) groups is 1. The van der Waals surface area contributed by atoms with E-state index in [0.717, 1.165) is 16.8 Å². The molecular weight excluding hydrogens is 424 g/mol. The van der Waals surface area contributed by atoms with Gasteiger partial charge < -0.3 is 20.1 Å². The van der Waals surface area contributed by atoms with Crippen molar-refractivity contribution in [1.82, 2.24) is 10.3 Å². The van der Waals surface area contributed by atoms with Crippen molar-refractivity contribution in [3.63, 3.8) is 0 Å². The first-order valence-electron chi connectivity index (χ1n) is 9.25. The molecule has 0 saturated carbocycles. The minimum absolute atomic E-state index is 0.137. The first-order valence-corrected chi connectivity index (χ1v) is 10.6. The fourth-order valence-electron chi connectivity index (χ4n) is 3.59. The van der Waals surface area contributed by atoms with Gasteiger partial charge in [0, 0.05) is 22.6 Å². The van der Waals surface area contributed by atoms with E-state index in [1.165, 1.54) is 18.9 Å². The van der Waals surface area contributed by atoms with E-state index >= 15 is 0 Å². The van der Waals surface area contributed by atoms with Gasteiger partial charge >= 0.3 is 0 Å². The summed E-state index contributed by atoms with van der Waals surface area (Å²) in [7, 11) is 3.10. The average molecular weight is 445 g/mol. The molecule has 0 spiro atoms. The maximum Gasteiger partial charge on any atom is 0.255 e. The van der Waals surface area contributed by atoms with Crippen LogP contribution in [0.4, 0.5) is 5.69 Å². The van der Waals surface area contributed by atoms with E-state index in [1.54, 1.807) is 24.3 Å². The van der Waals surface area contributed by atoms with E-state index < -0.39 is 12.2 Å². The van der Waals surface area contributed by atoms with E-state index in [1.807, 2.05) is 30.3 Å². The zero-order valence-electron chi connectivity index (χ0n) is 16.5. The number of hydrogen-bond donors (Lipinski definition) is 2. The molecule has 2 aliphatic heterocycles. The summed E-state index contributed by atoms with van der Waals surface area (Å²) < 4.78 is 10.8. The lowest BCUT2D eigenvalue weighted by atomic mass is 9.97. The van der Waals surface area contributed by atoms with Crippen LogP contribution in [0.5, 0.6) is 11.5 Å². The number of methoxy groups -OCH3 is 2. The summed E-state index contributed by atoms with van der Waals surface area (Å²) in [4.78, 5) is 13.1. The Morgan fingerprint density at radius 2 is 2.10 bits per heavy atom. The van der Waals surface area contributed by atoms with Crippen LogP contribution >= 0.6 is 23.4 Å². The van der Waals surface area contributed by atoms with Gasteiger partial charge in [0.25, 0.3) is 5.91 Å². The number of para-hydroxylation sites is 1. The predicted octanol–water partition coefficient (Wildman–Crippen LogP) is 4.14. The van der Waals surface area contributed by atoms with E-state index in [-0.39, 0.29) is 5.91 Å². The van der Waals surface area contributed by atoms with Crippen LogP contribution in [0.25, 0.3) is 0 Å². The third-order valence-electron chi connectivity index (χ3n) is 4.87. The van der Waals surface area contributed by atoms with Crippen LogP contribution in [0.15, 0.2) is 54.2 Å². The van der Waals surface area contributed by atoms with Gasteiger partial charge in [-0.25, -0.2) is 0 Å². The molecule has 7 nitrogen and oxygen atoms in total. The third-order valence-corrected chi connectivity index (χ3v) is 6.01. The Hall–Kier alpha value is -2.84. The van der Waals surface area contributed by atoms with Crippen molar-refractivity contribution < 1.29 is 14.3 Å². The molecule has 4 rings (SSSR count). The van der Waals surface area contributed by atoms with Crippen molar-refractivity contribution in [1.29, 1.82) is 0 Å². The smallest absolute Gasteiger partial charge is 0.255 e. The zero-order chi connectivity index (χ0) is 21.3. The van der Waals surface area contributed by atoms with Gasteiger partial charge in [0.05, 0.1) is 19.2 Å². The first-order chi connectivity index (χ1) is 14.6. The fourth-order valence-corrected chi connectivity index (χ4v) is 4.48. The number of halogens is 1. The number of benzene rings is 2. The molecule has 2 heterocycles. The van der Waals surface area contributed by atoms with Crippen LogP contribution in [0.1, 0.15) is 23.3 Å². The molecule has 9 heteroatoms. The number of carbonyl (C=O) groups is 1. The summed E-state index contributed by atoms with van der Waals surface area (Å²) in [5.41, 5.74) is 2.51. The van der Waals surface area contributed by atoms with Crippen molar-refractivity contribution in [2.45, 2.75) is 12.2 Å². The largest absolute Gasteiger partial charge is 0.493 e. The number of rotatable bonds is 5. The first kappa shape index (κ1) is 20.4. The van der Waals surface area contributed by atoms with Crippen molar-refractivity contribution in [3.8, 4) is 11.5 Å². The van der Waals surface area contributed by atoms with E-state index in [2.05, 4.69) is 17.2 Å². The number of ether oxygens (including phenoxy) is 2. The Kier molecular flexibility index (Phi) is 5.78. The van der Waals surface area contributed by atoms with Gasteiger partial charge in [-0.2, -0.15) is 0 Å². The molecular formula is C21H21ClN4O3S. The Balaban J connectivity index is 1.84. The second kappa shape index (κ2) is 8.49. The second-order valence-corrected chi connectivity index (χ2v) is 8.06. The lowest BCUT2D eigenvalue weighted by molar-refractivity contribution is -0.127. The van der Waals surface area contributed by atoms with Crippen LogP contribution in [-0.4, -0.2) is 36.1 Å². The van der Waals surface area contributed by atoms with E-state index in [9.17, 15) is 4.79 Å². The van der Waals surface area contributed by atoms with Gasteiger partial charge in [0.1, 0.15) is 6.17 Å². The molecule has 2 aromatic rings. The molecule has 2 atom stereocenters. The normalized spacial score (nSPS) is 19.6. The number of hydrazone groups is 1. The lowest BCUT2D eigenvalue weighted by Crippen LogP contribution is -2.50. The fraction of sp³-hybridized carbons (Fsp3) is 0.238. The number of nitrogens with zero attached hydrogens (tertiary/aromatic N) is 2. The van der Waals surface area contributed by atoms with Crippen molar-refractivity contribution in [3.05, 3.63) is 65.2 Å². The minimum Gasteiger partial charge on any atom is -0.493 e. The molecule has 0 aliphatic carbocycles. The van der Waals surface area contributed by atoms with Crippen LogP contribution in [0, 0.1) is 0 Å². The van der Waals surface area contributed by atoms with Gasteiger partial charge in [-0.05, 0) is 18.2 Å². The number of hydrogen-bond acceptors (Lipinski definition) is 7. The highest BCUT2D eigenvalue weighted by Gasteiger charge is 2.42. The average Bonchev–Trinajstić information content (AvgIpc) is 2.76. The number of amidine groups is 1. The van der Waals surface area contributed by atoms with Gasteiger partial charge in [-0.15, -0.1) is 11.7 Å².